The van der Waals surface area contributed by atoms with Crippen LogP contribution in [0.4, 0.5) is 17.1 Å². The molecule has 174 valence electrons. The van der Waals surface area contributed by atoms with E-state index < -0.39 is 5.97 Å². The minimum absolute atomic E-state index is 0.179. The SMILES string of the molecule is CCOc1cc2nc(CC)c(C(=O)O)c(Nc3cccc(Cl)c3)c2cc1N1CCN(C)CC1. The van der Waals surface area contributed by atoms with Crippen LogP contribution < -0.4 is 15.0 Å². The van der Waals surface area contributed by atoms with Gasteiger partial charge in [0, 0.05) is 48.3 Å². The molecule has 1 aliphatic heterocycles. The number of nitrogens with zero attached hydrogens (tertiary/aromatic N) is 3. The molecule has 1 aromatic heterocycles. The van der Waals surface area contributed by atoms with E-state index in [0.717, 1.165) is 48.7 Å². The van der Waals surface area contributed by atoms with Crippen molar-refractivity contribution in [3.8, 4) is 5.75 Å². The van der Waals surface area contributed by atoms with Gasteiger partial charge in [0.1, 0.15) is 11.3 Å². The first-order valence-corrected chi connectivity index (χ1v) is 11.6. The smallest absolute Gasteiger partial charge is 0.339 e. The third kappa shape index (κ3) is 4.84. The number of ether oxygens (including phenoxy) is 1. The van der Waals surface area contributed by atoms with E-state index in [1.807, 2.05) is 38.1 Å². The number of benzene rings is 2. The summed E-state index contributed by atoms with van der Waals surface area (Å²) < 4.78 is 6.00. The van der Waals surface area contributed by atoms with Crippen molar-refractivity contribution in [3.05, 3.63) is 52.7 Å². The molecule has 0 unspecified atom stereocenters. The molecule has 0 amide bonds. The molecule has 1 aliphatic rings. The number of aromatic carboxylic acids is 1. The van der Waals surface area contributed by atoms with Crippen LogP contribution in [-0.4, -0.2) is 60.8 Å². The van der Waals surface area contributed by atoms with Gasteiger partial charge in [0.15, 0.2) is 0 Å². The predicted molar refractivity (Wildman–Crippen MR) is 134 cm³/mol. The van der Waals surface area contributed by atoms with Crippen molar-refractivity contribution in [1.82, 2.24) is 9.88 Å². The van der Waals surface area contributed by atoms with Gasteiger partial charge in [-0.05, 0) is 44.7 Å². The van der Waals surface area contributed by atoms with Gasteiger partial charge in [0.25, 0.3) is 0 Å². The Labute approximate surface area is 198 Å². The van der Waals surface area contributed by atoms with E-state index in [1.165, 1.54) is 0 Å². The number of piperazine rings is 1. The van der Waals surface area contributed by atoms with Gasteiger partial charge in [-0.15, -0.1) is 0 Å². The third-order valence-electron chi connectivity index (χ3n) is 5.93. The first-order valence-electron chi connectivity index (χ1n) is 11.2. The Morgan fingerprint density at radius 2 is 1.94 bits per heavy atom. The van der Waals surface area contributed by atoms with Gasteiger partial charge in [0.2, 0.25) is 0 Å². The number of likely N-dealkylation sites (N-methyl/N-ethyl adjacent to an activating group) is 1. The van der Waals surface area contributed by atoms with Crippen LogP contribution in [0.15, 0.2) is 36.4 Å². The highest BCUT2D eigenvalue weighted by Crippen LogP contribution is 2.39. The second-order valence-corrected chi connectivity index (χ2v) is 8.60. The van der Waals surface area contributed by atoms with E-state index in [9.17, 15) is 9.90 Å². The zero-order chi connectivity index (χ0) is 23.5. The Balaban J connectivity index is 1.95. The average Bonchev–Trinajstić information content (AvgIpc) is 2.79. The summed E-state index contributed by atoms with van der Waals surface area (Å²) in [6.07, 6.45) is 0.492. The van der Waals surface area contributed by atoms with Gasteiger partial charge in [-0.1, -0.05) is 24.6 Å². The molecule has 7 nitrogen and oxygen atoms in total. The molecule has 0 atom stereocenters. The Hall–Kier alpha value is -3.03. The number of aryl methyl sites for hydroxylation is 1. The molecule has 2 aromatic carbocycles. The lowest BCUT2D eigenvalue weighted by Crippen LogP contribution is -2.44. The highest BCUT2D eigenvalue weighted by atomic mass is 35.5. The van der Waals surface area contributed by atoms with Crippen LogP contribution in [0.25, 0.3) is 10.9 Å². The molecule has 0 spiro atoms. The summed E-state index contributed by atoms with van der Waals surface area (Å²) >= 11 is 6.19. The van der Waals surface area contributed by atoms with Crippen molar-refractivity contribution in [2.45, 2.75) is 20.3 Å². The lowest BCUT2D eigenvalue weighted by atomic mass is 10.0. The molecule has 0 aliphatic carbocycles. The van der Waals surface area contributed by atoms with E-state index in [4.69, 9.17) is 21.3 Å². The molecular formula is C25H29ClN4O3. The number of nitrogens with one attached hydrogen (secondary N) is 1. The maximum Gasteiger partial charge on any atom is 0.339 e. The predicted octanol–water partition coefficient (Wildman–Crippen LogP) is 5.04. The zero-order valence-electron chi connectivity index (χ0n) is 19.2. The number of halogens is 1. The Morgan fingerprint density at radius 3 is 2.58 bits per heavy atom. The minimum Gasteiger partial charge on any atom is -0.492 e. The largest absolute Gasteiger partial charge is 0.492 e. The quantitative estimate of drug-likeness (QED) is 0.502. The van der Waals surface area contributed by atoms with E-state index in [-0.39, 0.29) is 5.56 Å². The van der Waals surface area contributed by atoms with Crippen LogP contribution in [-0.2, 0) is 6.42 Å². The first kappa shape index (κ1) is 23.1. The van der Waals surface area contributed by atoms with Crippen LogP contribution >= 0.6 is 11.6 Å². The van der Waals surface area contributed by atoms with Crippen LogP contribution in [0.1, 0.15) is 29.9 Å². The maximum absolute atomic E-state index is 12.3. The van der Waals surface area contributed by atoms with Crippen molar-refractivity contribution in [2.24, 2.45) is 0 Å². The molecule has 0 saturated carbocycles. The lowest BCUT2D eigenvalue weighted by molar-refractivity contribution is 0.0696. The summed E-state index contributed by atoms with van der Waals surface area (Å²) in [5.74, 6) is -0.248. The van der Waals surface area contributed by atoms with Gasteiger partial charge in [-0.3, -0.25) is 4.98 Å². The number of carboxylic acids is 1. The Kier molecular flexibility index (Phi) is 6.91. The molecule has 1 fully saturated rings. The number of carbonyl (C=O) groups is 1. The van der Waals surface area contributed by atoms with Gasteiger partial charge >= 0.3 is 5.97 Å². The van der Waals surface area contributed by atoms with Crippen molar-refractivity contribution >= 4 is 45.5 Å². The number of rotatable bonds is 7. The molecular weight excluding hydrogens is 440 g/mol. The number of aromatic nitrogens is 1. The van der Waals surface area contributed by atoms with Gasteiger partial charge < -0.3 is 25.0 Å². The van der Waals surface area contributed by atoms with Gasteiger partial charge in [0.05, 0.1) is 29.2 Å². The molecule has 1 saturated heterocycles. The first-order chi connectivity index (χ1) is 15.9. The van der Waals surface area contributed by atoms with Crippen molar-refractivity contribution in [2.75, 3.05) is 50.1 Å². The van der Waals surface area contributed by atoms with Crippen LogP contribution in [0, 0.1) is 0 Å². The summed E-state index contributed by atoms with van der Waals surface area (Å²) in [4.78, 5) is 21.7. The fraction of sp³-hybridized carbons (Fsp3) is 0.360. The van der Waals surface area contributed by atoms with Crippen LogP contribution in [0.2, 0.25) is 5.02 Å². The van der Waals surface area contributed by atoms with Crippen molar-refractivity contribution in [3.63, 3.8) is 0 Å². The number of hydrogen-bond acceptors (Lipinski definition) is 6. The van der Waals surface area contributed by atoms with Gasteiger partial charge in [-0.25, -0.2) is 4.79 Å². The fourth-order valence-corrected chi connectivity index (χ4v) is 4.41. The lowest BCUT2D eigenvalue weighted by Gasteiger charge is -2.35. The Bertz CT molecular complexity index is 1180. The second-order valence-electron chi connectivity index (χ2n) is 8.16. The monoisotopic (exact) mass is 468 g/mol. The molecule has 0 bridgehead atoms. The second kappa shape index (κ2) is 9.85. The zero-order valence-corrected chi connectivity index (χ0v) is 19.9. The molecule has 3 aromatic rings. The van der Waals surface area contributed by atoms with Crippen molar-refractivity contribution < 1.29 is 14.6 Å². The van der Waals surface area contributed by atoms with E-state index in [1.54, 1.807) is 12.1 Å². The molecule has 2 heterocycles. The number of fused-ring (bicyclic) bond motifs is 1. The summed E-state index contributed by atoms with van der Waals surface area (Å²) in [5, 5.41) is 14.7. The van der Waals surface area contributed by atoms with E-state index in [0.29, 0.717) is 34.9 Å². The molecule has 0 radical (unpaired) electrons. The van der Waals surface area contributed by atoms with E-state index in [2.05, 4.69) is 22.2 Å². The summed E-state index contributed by atoms with van der Waals surface area (Å²) in [5.41, 5.74) is 3.59. The topological polar surface area (TPSA) is 77.9 Å². The molecule has 8 heteroatoms. The molecule has 4 rings (SSSR count). The van der Waals surface area contributed by atoms with Crippen molar-refractivity contribution in [1.29, 1.82) is 0 Å². The fourth-order valence-electron chi connectivity index (χ4n) is 4.22. The standard InChI is InChI=1S/C25H29ClN4O3/c1-4-19-23(25(31)32)24(27-17-8-6-7-16(26)13-17)18-14-21(30-11-9-29(3)10-12-30)22(33-5-2)15-20(18)28-19/h6-8,13-15H,4-5,9-12H2,1-3H3,(H,27,28)(H,31,32). The van der Waals surface area contributed by atoms with Crippen LogP contribution in [0.3, 0.4) is 0 Å². The summed E-state index contributed by atoms with van der Waals surface area (Å²) in [7, 11) is 2.11. The molecule has 33 heavy (non-hydrogen) atoms. The summed E-state index contributed by atoms with van der Waals surface area (Å²) in [6, 6.07) is 11.2. The number of pyridine rings is 1. The highest BCUT2D eigenvalue weighted by molar-refractivity contribution is 6.30. The number of anilines is 3. The van der Waals surface area contributed by atoms with E-state index >= 15 is 0 Å². The number of carboxylic acid groups (broad SMARTS) is 1. The third-order valence-corrected chi connectivity index (χ3v) is 6.16. The maximum atomic E-state index is 12.3. The number of hydrogen-bond donors (Lipinski definition) is 2. The highest BCUT2D eigenvalue weighted by Gasteiger charge is 2.24. The van der Waals surface area contributed by atoms with Crippen LogP contribution in [0.5, 0.6) is 5.75 Å². The molecule has 2 N–H and O–H groups in total. The average molecular weight is 469 g/mol. The summed E-state index contributed by atoms with van der Waals surface area (Å²) in [6.45, 7) is 8.04. The Morgan fingerprint density at radius 1 is 1.18 bits per heavy atom. The normalized spacial score (nSPS) is 14.5. The minimum atomic E-state index is -1.01. The van der Waals surface area contributed by atoms with Gasteiger partial charge in [-0.2, -0.15) is 0 Å².